The van der Waals surface area contributed by atoms with E-state index in [9.17, 15) is 19.2 Å². The molecule has 2 rings (SSSR count). The predicted molar refractivity (Wildman–Crippen MR) is 158 cm³/mol. The minimum absolute atomic E-state index is 0.0459. The summed E-state index contributed by atoms with van der Waals surface area (Å²) in [5, 5.41) is 5.54. The standard InChI is InChI=1S/C31H44N4O6/c1-8-9-18-35(29(38)25(16-17-26(32)36)34-30(39)41-31(4,5)6)27(24-15-10-20(2)19-21(24)3)28(37)33-22-11-13-23(40-7)14-12-22/h10-15,19,25,27H,8-9,16-18H2,1-7H3,(H2,32,36)(H,33,37)(H,34,39). The highest BCUT2D eigenvalue weighted by Gasteiger charge is 2.37. The molecule has 10 nitrogen and oxygen atoms in total. The maximum absolute atomic E-state index is 14.2. The monoisotopic (exact) mass is 568 g/mol. The number of alkyl carbamates (subject to hydrolysis) is 1. The topological polar surface area (TPSA) is 140 Å². The van der Waals surface area contributed by atoms with Crippen LogP contribution in [0.1, 0.15) is 76.1 Å². The van der Waals surface area contributed by atoms with Crippen molar-refractivity contribution in [1.82, 2.24) is 10.2 Å². The number of methoxy groups -OCH3 is 1. The first-order valence-electron chi connectivity index (χ1n) is 13.9. The molecule has 0 heterocycles. The summed E-state index contributed by atoms with van der Waals surface area (Å²) >= 11 is 0. The second-order valence-corrected chi connectivity index (χ2v) is 11.1. The van der Waals surface area contributed by atoms with Gasteiger partial charge in [-0.3, -0.25) is 14.4 Å². The van der Waals surface area contributed by atoms with Crippen LogP contribution in [0, 0.1) is 13.8 Å². The van der Waals surface area contributed by atoms with Crippen LogP contribution < -0.4 is 21.1 Å². The van der Waals surface area contributed by atoms with Gasteiger partial charge in [-0.15, -0.1) is 0 Å². The molecule has 0 fully saturated rings. The van der Waals surface area contributed by atoms with E-state index in [0.717, 1.165) is 17.5 Å². The number of nitrogens with two attached hydrogens (primary N) is 1. The first kappa shape index (κ1) is 33.1. The molecular weight excluding hydrogens is 524 g/mol. The van der Waals surface area contributed by atoms with Gasteiger partial charge >= 0.3 is 6.09 Å². The Morgan fingerprint density at radius 1 is 1.02 bits per heavy atom. The van der Waals surface area contributed by atoms with Gasteiger partial charge in [0.15, 0.2) is 0 Å². The summed E-state index contributed by atoms with van der Waals surface area (Å²) < 4.78 is 10.6. The van der Waals surface area contributed by atoms with Crippen LogP contribution in [0.3, 0.4) is 0 Å². The molecule has 0 aliphatic carbocycles. The number of amides is 4. The highest BCUT2D eigenvalue weighted by molar-refractivity contribution is 5.99. The number of primary amides is 1. The molecule has 4 N–H and O–H groups in total. The zero-order valence-corrected chi connectivity index (χ0v) is 25.2. The van der Waals surface area contributed by atoms with Crippen LogP contribution in [0.25, 0.3) is 0 Å². The van der Waals surface area contributed by atoms with E-state index in [1.165, 1.54) is 4.90 Å². The van der Waals surface area contributed by atoms with Gasteiger partial charge in [0.1, 0.15) is 23.4 Å². The van der Waals surface area contributed by atoms with Crippen molar-refractivity contribution in [3.63, 3.8) is 0 Å². The number of hydrogen-bond acceptors (Lipinski definition) is 6. The van der Waals surface area contributed by atoms with Crippen LogP contribution in [0.5, 0.6) is 5.75 Å². The van der Waals surface area contributed by atoms with Crippen LogP contribution >= 0.6 is 0 Å². The fourth-order valence-corrected chi connectivity index (χ4v) is 4.36. The molecule has 0 saturated carbocycles. The van der Waals surface area contributed by atoms with Crippen molar-refractivity contribution in [3.05, 3.63) is 59.2 Å². The Balaban J connectivity index is 2.56. The van der Waals surface area contributed by atoms with Crippen LogP contribution in [0.2, 0.25) is 0 Å². The normalized spacial score (nSPS) is 12.6. The number of benzene rings is 2. The number of unbranched alkanes of at least 4 members (excludes halogenated alkanes) is 1. The zero-order chi connectivity index (χ0) is 30.7. The SMILES string of the molecule is CCCCN(C(=O)C(CCC(N)=O)NC(=O)OC(C)(C)C)C(C(=O)Nc1ccc(OC)cc1)c1ccc(C)cc1C. The van der Waals surface area contributed by atoms with Crippen molar-refractivity contribution in [2.45, 2.75) is 84.9 Å². The van der Waals surface area contributed by atoms with E-state index in [1.54, 1.807) is 52.1 Å². The molecule has 224 valence electrons. The lowest BCUT2D eigenvalue weighted by atomic mass is 9.95. The van der Waals surface area contributed by atoms with Gasteiger partial charge in [-0.2, -0.15) is 0 Å². The third-order valence-electron chi connectivity index (χ3n) is 6.34. The Labute approximate surface area is 242 Å². The van der Waals surface area contributed by atoms with E-state index < -0.39 is 41.5 Å². The number of nitrogens with zero attached hydrogens (tertiary/aromatic N) is 1. The third kappa shape index (κ3) is 10.4. The van der Waals surface area contributed by atoms with Gasteiger partial charge in [0, 0.05) is 18.7 Å². The second kappa shape index (κ2) is 15.1. The number of carbonyl (C=O) groups is 4. The Hall–Kier alpha value is -4.08. The van der Waals surface area contributed by atoms with E-state index in [0.29, 0.717) is 23.4 Å². The number of anilines is 1. The zero-order valence-electron chi connectivity index (χ0n) is 25.2. The predicted octanol–water partition coefficient (Wildman–Crippen LogP) is 4.78. The van der Waals surface area contributed by atoms with Gasteiger partial charge in [0.2, 0.25) is 11.8 Å². The Kier molecular flexibility index (Phi) is 12.2. The Bertz CT molecular complexity index is 1210. The molecule has 0 aromatic heterocycles. The lowest BCUT2D eigenvalue weighted by Gasteiger charge is -2.35. The molecule has 0 aliphatic rings. The number of carbonyl (C=O) groups excluding carboxylic acids is 4. The minimum Gasteiger partial charge on any atom is -0.497 e. The summed E-state index contributed by atoms with van der Waals surface area (Å²) in [4.78, 5) is 54.0. The molecule has 10 heteroatoms. The summed E-state index contributed by atoms with van der Waals surface area (Å²) in [6.07, 6.45) is 0.379. The van der Waals surface area contributed by atoms with E-state index >= 15 is 0 Å². The van der Waals surface area contributed by atoms with E-state index in [2.05, 4.69) is 10.6 Å². The first-order chi connectivity index (χ1) is 19.2. The van der Waals surface area contributed by atoms with Gasteiger partial charge in [0.05, 0.1) is 7.11 Å². The van der Waals surface area contributed by atoms with E-state index in [4.69, 9.17) is 15.2 Å². The fraction of sp³-hybridized carbons (Fsp3) is 0.484. The fourth-order valence-electron chi connectivity index (χ4n) is 4.36. The molecular formula is C31H44N4O6. The number of nitrogens with one attached hydrogen (secondary N) is 2. The van der Waals surface area contributed by atoms with Crippen molar-refractivity contribution in [1.29, 1.82) is 0 Å². The van der Waals surface area contributed by atoms with Crippen LogP contribution in [-0.4, -0.2) is 54.0 Å². The lowest BCUT2D eigenvalue weighted by molar-refractivity contribution is -0.141. The molecule has 0 aliphatic heterocycles. The molecule has 0 bridgehead atoms. The molecule has 2 aromatic carbocycles. The molecule has 0 saturated heterocycles. The smallest absolute Gasteiger partial charge is 0.408 e. The van der Waals surface area contributed by atoms with Gasteiger partial charge < -0.3 is 30.7 Å². The third-order valence-corrected chi connectivity index (χ3v) is 6.34. The molecule has 0 radical (unpaired) electrons. The van der Waals surface area contributed by atoms with Crippen LogP contribution in [-0.2, 0) is 19.1 Å². The summed E-state index contributed by atoms with van der Waals surface area (Å²) in [6.45, 7) is 11.2. The van der Waals surface area contributed by atoms with Gasteiger partial charge in [-0.05, 0) is 82.9 Å². The molecule has 2 unspecified atom stereocenters. The minimum atomic E-state index is -1.14. The Morgan fingerprint density at radius 3 is 2.22 bits per heavy atom. The maximum Gasteiger partial charge on any atom is 0.408 e. The summed E-state index contributed by atoms with van der Waals surface area (Å²) in [5.74, 6) is -0.908. The first-order valence-corrected chi connectivity index (χ1v) is 13.9. The molecule has 41 heavy (non-hydrogen) atoms. The van der Waals surface area contributed by atoms with Crippen LogP contribution in [0.4, 0.5) is 10.5 Å². The largest absolute Gasteiger partial charge is 0.497 e. The highest BCUT2D eigenvalue weighted by atomic mass is 16.6. The van der Waals surface area contributed by atoms with Crippen molar-refractivity contribution in [2.75, 3.05) is 19.0 Å². The summed E-state index contributed by atoms with van der Waals surface area (Å²) in [7, 11) is 1.56. The quantitative estimate of drug-likeness (QED) is 0.318. The maximum atomic E-state index is 14.2. The van der Waals surface area contributed by atoms with Gasteiger partial charge in [-0.1, -0.05) is 37.1 Å². The average molecular weight is 569 g/mol. The summed E-state index contributed by atoms with van der Waals surface area (Å²) in [5.41, 5.74) is 7.62. The van der Waals surface area contributed by atoms with Crippen molar-refractivity contribution < 1.29 is 28.7 Å². The highest BCUT2D eigenvalue weighted by Crippen LogP contribution is 2.29. The van der Waals surface area contributed by atoms with Crippen molar-refractivity contribution in [3.8, 4) is 5.75 Å². The van der Waals surface area contributed by atoms with Crippen molar-refractivity contribution in [2.24, 2.45) is 5.73 Å². The molecule has 0 spiro atoms. The number of hydrogen-bond donors (Lipinski definition) is 3. The molecule has 2 aromatic rings. The molecule has 2 atom stereocenters. The van der Waals surface area contributed by atoms with Crippen molar-refractivity contribution >= 4 is 29.5 Å². The van der Waals surface area contributed by atoms with E-state index in [-0.39, 0.29) is 19.4 Å². The Morgan fingerprint density at radius 2 is 1.68 bits per heavy atom. The van der Waals surface area contributed by atoms with Gasteiger partial charge in [-0.25, -0.2) is 4.79 Å². The second-order valence-electron chi connectivity index (χ2n) is 11.1. The number of ether oxygens (including phenoxy) is 2. The average Bonchev–Trinajstić information content (AvgIpc) is 2.88. The lowest BCUT2D eigenvalue weighted by Crippen LogP contribution is -2.53. The van der Waals surface area contributed by atoms with Gasteiger partial charge in [0.25, 0.3) is 5.91 Å². The molecule has 4 amide bonds. The number of aryl methyl sites for hydroxylation is 2. The van der Waals surface area contributed by atoms with Crippen LogP contribution in [0.15, 0.2) is 42.5 Å². The van der Waals surface area contributed by atoms with E-state index in [1.807, 2.05) is 39.0 Å². The summed E-state index contributed by atoms with van der Waals surface area (Å²) in [6, 6.07) is 10.4. The number of rotatable bonds is 13.